The van der Waals surface area contributed by atoms with Crippen molar-refractivity contribution in [3.63, 3.8) is 0 Å². The molecule has 174 valence electrons. The molecule has 0 aliphatic carbocycles. The van der Waals surface area contributed by atoms with E-state index in [1.807, 2.05) is 0 Å². The normalized spacial score (nSPS) is 18.5. The SMILES string of the molecule is CCCC1COC(c2ccc(-c3ccc(-c4cc(F)c(CF)c(F)c4)c(F)c3)c(F)c2)OC1. The molecule has 2 nitrogen and oxygen atoms in total. The van der Waals surface area contributed by atoms with Gasteiger partial charge in [0, 0.05) is 22.6 Å². The summed E-state index contributed by atoms with van der Waals surface area (Å²) in [5.74, 6) is -3.22. The molecule has 7 heteroatoms. The van der Waals surface area contributed by atoms with E-state index in [4.69, 9.17) is 9.47 Å². The van der Waals surface area contributed by atoms with Crippen molar-refractivity contribution in [1.29, 1.82) is 0 Å². The van der Waals surface area contributed by atoms with Crippen LogP contribution < -0.4 is 0 Å². The van der Waals surface area contributed by atoms with Gasteiger partial charge < -0.3 is 9.47 Å². The summed E-state index contributed by atoms with van der Waals surface area (Å²) in [5.41, 5.74) is 0.0933. The molecule has 1 fully saturated rings. The first-order valence-corrected chi connectivity index (χ1v) is 10.8. The molecule has 0 atom stereocenters. The zero-order valence-corrected chi connectivity index (χ0v) is 18.0. The van der Waals surface area contributed by atoms with Gasteiger partial charge in [0.15, 0.2) is 6.29 Å². The Morgan fingerprint density at radius 3 is 1.91 bits per heavy atom. The van der Waals surface area contributed by atoms with Crippen LogP contribution in [0.1, 0.15) is 37.2 Å². The highest BCUT2D eigenvalue weighted by Crippen LogP contribution is 2.33. The number of hydrogen-bond donors (Lipinski definition) is 0. The first-order valence-electron chi connectivity index (χ1n) is 10.8. The Morgan fingerprint density at radius 2 is 1.33 bits per heavy atom. The lowest BCUT2D eigenvalue weighted by Gasteiger charge is -2.29. The van der Waals surface area contributed by atoms with Gasteiger partial charge in [0.25, 0.3) is 0 Å². The molecule has 0 unspecified atom stereocenters. The molecule has 0 N–H and O–H groups in total. The van der Waals surface area contributed by atoms with Gasteiger partial charge in [-0.3, -0.25) is 0 Å². The van der Waals surface area contributed by atoms with E-state index >= 15 is 0 Å². The third kappa shape index (κ3) is 4.94. The molecule has 0 amide bonds. The third-order valence-corrected chi connectivity index (χ3v) is 5.79. The minimum Gasteiger partial charge on any atom is -0.348 e. The average molecular weight is 462 g/mol. The zero-order valence-electron chi connectivity index (χ0n) is 18.0. The topological polar surface area (TPSA) is 18.5 Å². The Balaban J connectivity index is 1.56. The Bertz CT molecular complexity index is 1120. The highest BCUT2D eigenvalue weighted by atomic mass is 19.2. The maximum atomic E-state index is 14.9. The molecule has 3 aromatic rings. The van der Waals surface area contributed by atoms with Crippen molar-refractivity contribution in [3.05, 3.63) is 82.9 Å². The number of ether oxygens (including phenoxy) is 2. The van der Waals surface area contributed by atoms with Crippen LogP contribution in [0.2, 0.25) is 0 Å². The molecule has 0 saturated carbocycles. The monoisotopic (exact) mass is 462 g/mol. The third-order valence-electron chi connectivity index (χ3n) is 5.79. The van der Waals surface area contributed by atoms with Crippen LogP contribution in [0.3, 0.4) is 0 Å². The van der Waals surface area contributed by atoms with E-state index in [0.29, 0.717) is 24.7 Å². The van der Waals surface area contributed by atoms with Crippen LogP contribution >= 0.6 is 0 Å². The predicted molar refractivity (Wildman–Crippen MR) is 115 cm³/mol. The van der Waals surface area contributed by atoms with Crippen LogP contribution in [0, 0.1) is 29.2 Å². The molecule has 1 aliphatic heterocycles. The Hall–Kier alpha value is -2.77. The van der Waals surface area contributed by atoms with E-state index in [2.05, 4.69) is 6.92 Å². The molecule has 1 saturated heterocycles. The average Bonchev–Trinajstić information content (AvgIpc) is 2.79. The lowest BCUT2D eigenvalue weighted by Crippen LogP contribution is -2.27. The number of hydrogen-bond acceptors (Lipinski definition) is 2. The maximum absolute atomic E-state index is 14.9. The van der Waals surface area contributed by atoms with Crippen LogP contribution in [0.15, 0.2) is 48.5 Å². The molecular formula is C26H23F5O2. The number of rotatable bonds is 6. The van der Waals surface area contributed by atoms with Gasteiger partial charge >= 0.3 is 0 Å². The van der Waals surface area contributed by atoms with E-state index in [9.17, 15) is 22.0 Å². The summed E-state index contributed by atoms with van der Waals surface area (Å²) >= 11 is 0. The Kier molecular flexibility index (Phi) is 7.10. The lowest BCUT2D eigenvalue weighted by molar-refractivity contribution is -0.206. The van der Waals surface area contributed by atoms with Crippen LogP contribution in [0.4, 0.5) is 22.0 Å². The molecule has 1 aliphatic rings. The van der Waals surface area contributed by atoms with Crippen molar-refractivity contribution in [2.45, 2.75) is 32.7 Å². The fourth-order valence-corrected chi connectivity index (χ4v) is 4.03. The second-order valence-electron chi connectivity index (χ2n) is 8.14. The van der Waals surface area contributed by atoms with Crippen molar-refractivity contribution >= 4 is 0 Å². The zero-order chi connectivity index (χ0) is 23.5. The molecule has 33 heavy (non-hydrogen) atoms. The molecule has 0 spiro atoms. The lowest BCUT2D eigenvalue weighted by atomic mass is 9.97. The number of alkyl halides is 1. The van der Waals surface area contributed by atoms with E-state index < -0.39 is 41.8 Å². The van der Waals surface area contributed by atoms with Crippen LogP contribution in [-0.2, 0) is 16.1 Å². The smallest absolute Gasteiger partial charge is 0.183 e. The van der Waals surface area contributed by atoms with Crippen molar-refractivity contribution < 1.29 is 31.4 Å². The fraction of sp³-hybridized carbons (Fsp3) is 0.308. The van der Waals surface area contributed by atoms with Gasteiger partial charge in [-0.1, -0.05) is 37.6 Å². The largest absolute Gasteiger partial charge is 0.348 e. The first-order chi connectivity index (χ1) is 15.9. The summed E-state index contributed by atoms with van der Waals surface area (Å²) in [5, 5.41) is 0. The summed E-state index contributed by atoms with van der Waals surface area (Å²) in [6, 6.07) is 10.1. The van der Waals surface area contributed by atoms with Gasteiger partial charge in [-0.05, 0) is 41.8 Å². The predicted octanol–water partition coefficient (Wildman–Crippen LogP) is 7.51. The van der Waals surface area contributed by atoms with E-state index in [1.165, 1.54) is 24.3 Å². The quantitative estimate of drug-likeness (QED) is 0.353. The van der Waals surface area contributed by atoms with Crippen molar-refractivity contribution in [2.75, 3.05) is 13.2 Å². The van der Waals surface area contributed by atoms with Crippen LogP contribution in [-0.4, -0.2) is 13.2 Å². The molecule has 0 bridgehead atoms. The van der Waals surface area contributed by atoms with Gasteiger partial charge in [-0.25, -0.2) is 22.0 Å². The Labute approximate surface area is 189 Å². The van der Waals surface area contributed by atoms with Gasteiger partial charge in [0.2, 0.25) is 0 Å². The van der Waals surface area contributed by atoms with E-state index in [-0.39, 0.29) is 22.3 Å². The van der Waals surface area contributed by atoms with Crippen molar-refractivity contribution in [1.82, 2.24) is 0 Å². The first kappa shape index (κ1) is 23.4. The minimum absolute atomic E-state index is 0.0740. The minimum atomic E-state index is -1.30. The van der Waals surface area contributed by atoms with E-state index in [0.717, 1.165) is 31.0 Å². The van der Waals surface area contributed by atoms with Gasteiger partial charge in [0.05, 0.1) is 18.8 Å². The summed E-state index contributed by atoms with van der Waals surface area (Å²) in [6.07, 6.45) is 1.38. The van der Waals surface area contributed by atoms with Gasteiger partial charge in [-0.15, -0.1) is 0 Å². The summed E-state index contributed by atoms with van der Waals surface area (Å²) in [4.78, 5) is 0. The van der Waals surface area contributed by atoms with Gasteiger partial charge in [-0.2, -0.15) is 0 Å². The second-order valence-corrected chi connectivity index (χ2v) is 8.14. The van der Waals surface area contributed by atoms with Crippen molar-refractivity contribution in [2.24, 2.45) is 5.92 Å². The van der Waals surface area contributed by atoms with Gasteiger partial charge in [0.1, 0.15) is 29.9 Å². The molecule has 4 rings (SSSR count). The molecule has 1 heterocycles. The summed E-state index contributed by atoms with van der Waals surface area (Å²) in [6.45, 7) is 1.88. The van der Waals surface area contributed by atoms with Crippen LogP contribution in [0.5, 0.6) is 0 Å². The van der Waals surface area contributed by atoms with Crippen molar-refractivity contribution in [3.8, 4) is 22.3 Å². The van der Waals surface area contributed by atoms with Crippen LogP contribution in [0.25, 0.3) is 22.3 Å². The Morgan fingerprint density at radius 1 is 0.758 bits per heavy atom. The molecule has 3 aromatic carbocycles. The molecule has 0 aromatic heterocycles. The second kappa shape index (κ2) is 10.0. The number of benzene rings is 3. The highest BCUT2D eigenvalue weighted by Gasteiger charge is 2.24. The highest BCUT2D eigenvalue weighted by molar-refractivity contribution is 5.72. The molecule has 0 radical (unpaired) electrons. The summed E-state index contributed by atoms with van der Waals surface area (Å²) in [7, 11) is 0. The number of halogens is 5. The molecular weight excluding hydrogens is 439 g/mol. The fourth-order valence-electron chi connectivity index (χ4n) is 4.03. The van der Waals surface area contributed by atoms with E-state index in [1.54, 1.807) is 6.07 Å². The summed E-state index contributed by atoms with van der Waals surface area (Å²) < 4.78 is 81.6. The standard InChI is InChI=1S/C26H23F5O2/c1-2-3-15-13-32-26(33-14-15)17-5-7-19(23(29)9-17)16-4-6-20(22(28)8-16)18-10-24(30)21(12-27)25(31)11-18/h4-11,15,26H,2-3,12-14H2,1H3. The maximum Gasteiger partial charge on any atom is 0.183 e.